The van der Waals surface area contributed by atoms with Gasteiger partial charge in [-0.15, -0.1) is 0 Å². The highest BCUT2D eigenvalue weighted by atomic mass is 19.4. The van der Waals surface area contributed by atoms with Crippen molar-refractivity contribution in [3.8, 4) is 5.75 Å². The minimum atomic E-state index is -4.34. The number of aryl methyl sites for hydroxylation is 1. The topological polar surface area (TPSA) is 90.4 Å². The zero-order valence-electron chi connectivity index (χ0n) is 21.3. The Balaban J connectivity index is 1.97. The van der Waals surface area contributed by atoms with Crippen molar-refractivity contribution in [1.82, 2.24) is 9.80 Å². The number of hydrogen-bond donors (Lipinski definition) is 1. The molecule has 11 heteroatoms. The predicted octanol–water partition coefficient (Wildman–Crippen LogP) is 4.83. The number of hydrogen-bond acceptors (Lipinski definition) is 4. The van der Waals surface area contributed by atoms with Gasteiger partial charge in [-0.1, -0.05) is 0 Å². The van der Waals surface area contributed by atoms with Crippen LogP contribution in [0, 0.1) is 6.92 Å². The molecule has 0 spiro atoms. The van der Waals surface area contributed by atoms with Crippen LogP contribution in [0.5, 0.6) is 5.75 Å². The molecule has 2 aliphatic heterocycles. The normalized spacial score (nSPS) is 19.7. The van der Waals surface area contributed by atoms with Crippen LogP contribution >= 0.6 is 0 Å². The molecule has 1 fully saturated rings. The summed E-state index contributed by atoms with van der Waals surface area (Å²) in [6.07, 6.45) is -5.42. The van der Waals surface area contributed by atoms with Crippen molar-refractivity contribution in [3.63, 3.8) is 0 Å². The van der Waals surface area contributed by atoms with Crippen LogP contribution in [0.1, 0.15) is 69.3 Å². The number of likely N-dealkylation sites (tertiary alicyclic amines) is 1. The first-order valence-electron chi connectivity index (χ1n) is 12.2. The lowest BCUT2D eigenvalue weighted by atomic mass is 9.97. The van der Waals surface area contributed by atoms with Gasteiger partial charge in [-0.25, -0.2) is 4.79 Å². The smallest absolute Gasteiger partial charge is 0.407 e. The Kier molecular flexibility index (Phi) is 7.80. The molecular formula is C25H34F3N3O5. The average molecular weight is 514 g/mol. The van der Waals surface area contributed by atoms with E-state index in [-0.39, 0.29) is 43.2 Å². The largest absolute Gasteiger partial charge is 0.476 e. The van der Waals surface area contributed by atoms with Crippen molar-refractivity contribution in [3.05, 3.63) is 23.3 Å². The number of rotatable bonds is 6. The molecule has 3 amide bonds. The van der Waals surface area contributed by atoms with Crippen LogP contribution in [0.2, 0.25) is 0 Å². The second kappa shape index (κ2) is 10.2. The summed E-state index contributed by atoms with van der Waals surface area (Å²) >= 11 is 0. The van der Waals surface area contributed by atoms with Crippen LogP contribution in [0.15, 0.2) is 12.1 Å². The highest BCUT2D eigenvalue weighted by Crippen LogP contribution is 2.40. The van der Waals surface area contributed by atoms with E-state index < -0.39 is 30.2 Å². The molecule has 1 aromatic carbocycles. The monoisotopic (exact) mass is 513 g/mol. The lowest BCUT2D eigenvalue weighted by molar-refractivity contribution is -0.137. The van der Waals surface area contributed by atoms with Crippen LogP contribution in [0.4, 0.5) is 23.7 Å². The Morgan fingerprint density at radius 3 is 2.53 bits per heavy atom. The molecule has 0 bridgehead atoms. The molecule has 1 N–H and O–H groups in total. The Hall–Kier alpha value is -2.98. The lowest BCUT2D eigenvalue weighted by Gasteiger charge is -2.41. The molecule has 8 nitrogen and oxygen atoms in total. The van der Waals surface area contributed by atoms with Crippen LogP contribution < -0.4 is 9.64 Å². The summed E-state index contributed by atoms with van der Waals surface area (Å²) in [5.41, 5.74) is -0.118. The third-order valence-electron chi connectivity index (χ3n) is 6.65. The number of ether oxygens (including phenoxy) is 1. The molecular weight excluding hydrogens is 479 g/mol. The molecule has 36 heavy (non-hydrogen) atoms. The number of halogens is 3. The summed E-state index contributed by atoms with van der Waals surface area (Å²) in [5, 5.41) is 9.43. The second-order valence-electron chi connectivity index (χ2n) is 10.3. The number of fused-ring (bicyclic) bond motifs is 1. The minimum absolute atomic E-state index is 0.168. The molecule has 1 atom stereocenters. The van der Waals surface area contributed by atoms with E-state index in [4.69, 9.17) is 4.74 Å². The molecule has 200 valence electrons. The number of benzene rings is 1. The maximum atomic E-state index is 13.8. The van der Waals surface area contributed by atoms with Crippen LogP contribution in [-0.2, 0) is 4.79 Å². The van der Waals surface area contributed by atoms with E-state index in [1.807, 2.05) is 13.8 Å². The molecule has 0 radical (unpaired) electrons. The molecule has 1 aromatic rings. The SMILES string of the molecule is Cc1cc2c(cc1C(=O)N(C(C)C)[C@@H]1CCCN(C(=O)O)C1)N(CCCC(F)(F)F)C(=O)C(C)(C)O2. The van der Waals surface area contributed by atoms with Crippen LogP contribution in [-0.4, -0.2) is 76.3 Å². The van der Waals surface area contributed by atoms with Gasteiger partial charge in [-0.2, -0.15) is 13.2 Å². The van der Waals surface area contributed by atoms with E-state index >= 15 is 0 Å². The van der Waals surface area contributed by atoms with Gasteiger partial charge in [0.2, 0.25) is 0 Å². The van der Waals surface area contributed by atoms with Gasteiger partial charge in [0.1, 0.15) is 5.75 Å². The lowest BCUT2D eigenvalue weighted by Crippen LogP contribution is -2.54. The molecule has 0 unspecified atom stereocenters. The zero-order valence-corrected chi connectivity index (χ0v) is 21.3. The van der Waals surface area contributed by atoms with Crippen molar-refractivity contribution < 1.29 is 37.4 Å². The molecule has 0 saturated carbocycles. The summed E-state index contributed by atoms with van der Waals surface area (Å²) in [4.78, 5) is 42.6. The fourth-order valence-corrected chi connectivity index (χ4v) is 4.92. The predicted molar refractivity (Wildman–Crippen MR) is 127 cm³/mol. The van der Waals surface area contributed by atoms with E-state index in [9.17, 15) is 32.7 Å². The minimum Gasteiger partial charge on any atom is -0.476 e. The van der Waals surface area contributed by atoms with Crippen molar-refractivity contribution in [2.45, 2.75) is 84.2 Å². The van der Waals surface area contributed by atoms with E-state index in [1.165, 1.54) is 15.9 Å². The molecule has 3 rings (SSSR count). The summed E-state index contributed by atoms with van der Waals surface area (Å²) in [5.74, 6) is -0.480. The van der Waals surface area contributed by atoms with E-state index in [0.29, 0.717) is 36.3 Å². The van der Waals surface area contributed by atoms with Gasteiger partial charge >= 0.3 is 12.3 Å². The van der Waals surface area contributed by atoms with Crippen molar-refractivity contribution in [2.75, 3.05) is 24.5 Å². The average Bonchev–Trinajstić information content (AvgIpc) is 2.75. The molecule has 0 aromatic heterocycles. The fourth-order valence-electron chi connectivity index (χ4n) is 4.92. The first kappa shape index (κ1) is 27.6. The second-order valence-corrected chi connectivity index (χ2v) is 10.3. The number of carbonyl (C=O) groups is 3. The number of piperidine rings is 1. The van der Waals surface area contributed by atoms with Gasteiger partial charge in [-0.3, -0.25) is 9.59 Å². The Bertz CT molecular complexity index is 1020. The van der Waals surface area contributed by atoms with Gasteiger partial charge in [0.15, 0.2) is 5.60 Å². The number of nitrogens with zero attached hydrogens (tertiary/aromatic N) is 3. The van der Waals surface area contributed by atoms with Gasteiger partial charge in [0.25, 0.3) is 11.8 Å². The maximum Gasteiger partial charge on any atom is 0.407 e. The van der Waals surface area contributed by atoms with Crippen molar-refractivity contribution >= 4 is 23.6 Å². The van der Waals surface area contributed by atoms with Gasteiger partial charge in [-0.05, 0) is 71.6 Å². The Labute approximate surface area is 209 Å². The summed E-state index contributed by atoms with van der Waals surface area (Å²) in [6.45, 7) is 8.99. The number of alkyl halides is 3. The fraction of sp³-hybridized carbons (Fsp3) is 0.640. The third kappa shape index (κ3) is 5.87. The molecule has 2 aliphatic rings. The van der Waals surface area contributed by atoms with Crippen LogP contribution in [0.25, 0.3) is 0 Å². The highest BCUT2D eigenvalue weighted by molar-refractivity contribution is 6.05. The van der Waals surface area contributed by atoms with E-state index in [1.54, 1.807) is 31.7 Å². The Morgan fingerprint density at radius 1 is 1.28 bits per heavy atom. The van der Waals surface area contributed by atoms with E-state index in [2.05, 4.69) is 0 Å². The summed E-state index contributed by atoms with van der Waals surface area (Å²) in [7, 11) is 0. The van der Waals surface area contributed by atoms with Crippen molar-refractivity contribution in [2.24, 2.45) is 0 Å². The zero-order chi connectivity index (χ0) is 27.0. The molecule has 0 aliphatic carbocycles. The number of carboxylic acid groups (broad SMARTS) is 1. The number of anilines is 1. The quantitative estimate of drug-likeness (QED) is 0.588. The van der Waals surface area contributed by atoms with Gasteiger partial charge in [0.05, 0.1) is 11.7 Å². The van der Waals surface area contributed by atoms with E-state index in [0.717, 1.165) is 0 Å². The Morgan fingerprint density at radius 2 is 1.94 bits per heavy atom. The summed E-state index contributed by atoms with van der Waals surface area (Å²) < 4.78 is 44.2. The highest BCUT2D eigenvalue weighted by Gasteiger charge is 2.42. The maximum absolute atomic E-state index is 13.8. The first-order valence-corrected chi connectivity index (χ1v) is 12.2. The molecule has 1 saturated heterocycles. The number of amides is 3. The van der Waals surface area contributed by atoms with Gasteiger partial charge < -0.3 is 24.5 Å². The van der Waals surface area contributed by atoms with Crippen molar-refractivity contribution in [1.29, 1.82) is 0 Å². The number of carbonyl (C=O) groups excluding carboxylic acids is 2. The van der Waals surface area contributed by atoms with Gasteiger partial charge in [0, 0.05) is 37.7 Å². The first-order chi connectivity index (χ1) is 16.6. The summed E-state index contributed by atoms with van der Waals surface area (Å²) in [6, 6.07) is 2.60. The standard InChI is InChI=1S/C25H34F3N3O5/c1-15(2)31(17-8-6-10-29(14-17)23(34)35)21(32)18-13-19-20(12-16(18)3)36-24(4,5)22(33)30(19)11-7-9-25(26,27)28/h12-13,15,17H,6-11,14H2,1-5H3,(H,34,35)/t17-/m1/s1. The van der Waals surface area contributed by atoms with Crippen LogP contribution in [0.3, 0.4) is 0 Å². The third-order valence-corrected chi connectivity index (χ3v) is 6.65. The molecule has 2 heterocycles.